The van der Waals surface area contributed by atoms with Crippen LogP contribution in [0.2, 0.25) is 5.02 Å². The maximum Gasteiger partial charge on any atom is 0.0959 e. The summed E-state index contributed by atoms with van der Waals surface area (Å²) in [6, 6.07) is 3.58. The number of nitrogens with zero attached hydrogens (tertiary/aromatic N) is 1. The van der Waals surface area contributed by atoms with Crippen LogP contribution in [0.15, 0.2) is 18.3 Å². The van der Waals surface area contributed by atoms with E-state index in [2.05, 4.69) is 11.9 Å². The Morgan fingerprint density at radius 1 is 1.05 bits per heavy atom. The molecule has 0 fully saturated rings. The molecule has 0 aromatic carbocycles. The largest absolute Gasteiger partial charge is 0.387 e. The molecule has 1 aromatic rings. The highest BCUT2D eigenvalue weighted by Crippen LogP contribution is 2.19. The monoisotopic (exact) mass is 283 g/mol. The molecule has 0 saturated carbocycles. The fraction of sp³-hybridized carbons (Fsp3) is 0.688. The first-order valence-corrected chi connectivity index (χ1v) is 7.91. The van der Waals surface area contributed by atoms with E-state index in [1.165, 1.54) is 44.9 Å². The zero-order chi connectivity index (χ0) is 13.9. The van der Waals surface area contributed by atoms with Gasteiger partial charge < -0.3 is 5.11 Å². The molecule has 0 aliphatic carbocycles. The predicted molar refractivity (Wildman–Crippen MR) is 81.4 cm³/mol. The molecular weight excluding hydrogens is 258 g/mol. The second kappa shape index (κ2) is 10.2. The Balaban J connectivity index is 2.04. The Kier molecular flexibility index (Phi) is 8.85. The average Bonchev–Trinajstić information content (AvgIpc) is 2.42. The molecule has 2 nitrogen and oxygen atoms in total. The van der Waals surface area contributed by atoms with Gasteiger partial charge in [0.25, 0.3) is 0 Å². The van der Waals surface area contributed by atoms with Crippen molar-refractivity contribution in [1.29, 1.82) is 0 Å². The standard InChI is InChI=1S/C16H26ClNO/c1-2-3-4-5-6-7-8-9-10-16(19)15-12-11-14(17)13-18-15/h11-13,16,19H,2-10H2,1H3. The summed E-state index contributed by atoms with van der Waals surface area (Å²) in [7, 11) is 0. The van der Waals surface area contributed by atoms with E-state index in [9.17, 15) is 5.11 Å². The Morgan fingerprint density at radius 3 is 2.26 bits per heavy atom. The summed E-state index contributed by atoms with van der Waals surface area (Å²) in [5, 5.41) is 10.6. The lowest BCUT2D eigenvalue weighted by Crippen LogP contribution is -1.99. The number of halogens is 1. The third-order valence-corrected chi connectivity index (χ3v) is 3.65. The number of pyridine rings is 1. The lowest BCUT2D eigenvalue weighted by Gasteiger charge is -2.09. The molecule has 0 radical (unpaired) electrons. The molecule has 1 unspecified atom stereocenters. The topological polar surface area (TPSA) is 33.1 Å². The van der Waals surface area contributed by atoms with E-state index in [0.717, 1.165) is 18.5 Å². The van der Waals surface area contributed by atoms with E-state index in [1.807, 2.05) is 0 Å². The molecule has 108 valence electrons. The minimum atomic E-state index is -0.447. The number of aliphatic hydroxyl groups is 1. The number of aliphatic hydroxyl groups excluding tert-OH is 1. The highest BCUT2D eigenvalue weighted by molar-refractivity contribution is 6.30. The molecular formula is C16H26ClNO. The zero-order valence-corrected chi connectivity index (χ0v) is 12.7. The molecule has 0 aliphatic rings. The van der Waals surface area contributed by atoms with Gasteiger partial charge >= 0.3 is 0 Å². The molecule has 0 saturated heterocycles. The molecule has 1 N–H and O–H groups in total. The molecule has 1 heterocycles. The molecule has 0 aliphatic heterocycles. The predicted octanol–water partition coefficient (Wildman–Crippen LogP) is 5.30. The summed E-state index contributed by atoms with van der Waals surface area (Å²) in [5.74, 6) is 0. The van der Waals surface area contributed by atoms with Crippen LogP contribution >= 0.6 is 11.6 Å². The van der Waals surface area contributed by atoms with Crippen LogP contribution in [-0.2, 0) is 0 Å². The molecule has 0 bridgehead atoms. The summed E-state index contributed by atoms with van der Waals surface area (Å²) >= 11 is 5.77. The van der Waals surface area contributed by atoms with Crippen molar-refractivity contribution >= 4 is 11.6 Å². The van der Waals surface area contributed by atoms with Crippen LogP contribution in [0.4, 0.5) is 0 Å². The third kappa shape index (κ3) is 7.54. The third-order valence-electron chi connectivity index (χ3n) is 3.42. The minimum absolute atomic E-state index is 0.447. The summed E-state index contributed by atoms with van der Waals surface area (Å²) < 4.78 is 0. The van der Waals surface area contributed by atoms with E-state index in [1.54, 1.807) is 18.3 Å². The molecule has 3 heteroatoms. The molecule has 0 spiro atoms. The van der Waals surface area contributed by atoms with Crippen molar-refractivity contribution in [3.63, 3.8) is 0 Å². The van der Waals surface area contributed by atoms with E-state index in [0.29, 0.717) is 5.02 Å². The summed E-state index contributed by atoms with van der Waals surface area (Å²) in [4.78, 5) is 4.15. The van der Waals surface area contributed by atoms with Gasteiger partial charge in [-0.25, -0.2) is 0 Å². The second-order valence-electron chi connectivity index (χ2n) is 5.18. The smallest absolute Gasteiger partial charge is 0.0959 e. The molecule has 0 amide bonds. The van der Waals surface area contributed by atoms with Crippen molar-refractivity contribution < 1.29 is 5.11 Å². The van der Waals surface area contributed by atoms with Gasteiger partial charge in [-0.15, -0.1) is 0 Å². The van der Waals surface area contributed by atoms with Gasteiger partial charge in [-0.1, -0.05) is 69.9 Å². The van der Waals surface area contributed by atoms with Crippen molar-refractivity contribution in [3.8, 4) is 0 Å². The fourth-order valence-electron chi connectivity index (χ4n) is 2.20. The lowest BCUT2D eigenvalue weighted by molar-refractivity contribution is 0.158. The van der Waals surface area contributed by atoms with E-state index < -0.39 is 6.10 Å². The molecule has 19 heavy (non-hydrogen) atoms. The van der Waals surface area contributed by atoms with Crippen molar-refractivity contribution in [2.75, 3.05) is 0 Å². The summed E-state index contributed by atoms with van der Waals surface area (Å²) in [6.45, 7) is 2.24. The van der Waals surface area contributed by atoms with Crippen LogP contribution in [0.25, 0.3) is 0 Å². The quantitative estimate of drug-likeness (QED) is 0.591. The Morgan fingerprint density at radius 2 is 1.68 bits per heavy atom. The van der Waals surface area contributed by atoms with Crippen molar-refractivity contribution in [1.82, 2.24) is 4.98 Å². The van der Waals surface area contributed by atoms with Crippen LogP contribution < -0.4 is 0 Å². The number of hydrogen-bond acceptors (Lipinski definition) is 2. The molecule has 1 aromatic heterocycles. The van der Waals surface area contributed by atoms with Crippen LogP contribution in [0, 0.1) is 0 Å². The first kappa shape index (κ1) is 16.5. The fourth-order valence-corrected chi connectivity index (χ4v) is 2.32. The first-order chi connectivity index (χ1) is 9.24. The van der Waals surface area contributed by atoms with E-state index >= 15 is 0 Å². The van der Waals surface area contributed by atoms with Gasteiger partial charge in [-0.3, -0.25) is 4.98 Å². The maximum atomic E-state index is 9.98. The molecule has 1 rings (SSSR count). The van der Waals surface area contributed by atoms with Gasteiger partial charge in [-0.2, -0.15) is 0 Å². The Bertz CT molecular complexity index is 326. The number of hydrogen-bond donors (Lipinski definition) is 1. The first-order valence-electron chi connectivity index (χ1n) is 7.53. The lowest BCUT2D eigenvalue weighted by atomic mass is 10.0. The van der Waals surface area contributed by atoms with E-state index in [4.69, 9.17) is 11.6 Å². The van der Waals surface area contributed by atoms with Crippen molar-refractivity contribution in [2.45, 2.75) is 70.8 Å². The minimum Gasteiger partial charge on any atom is -0.387 e. The molecule has 1 atom stereocenters. The summed E-state index contributed by atoms with van der Waals surface area (Å²) in [6.07, 6.45) is 12.2. The second-order valence-corrected chi connectivity index (χ2v) is 5.62. The highest BCUT2D eigenvalue weighted by Gasteiger charge is 2.08. The van der Waals surface area contributed by atoms with Crippen LogP contribution in [-0.4, -0.2) is 10.1 Å². The number of unbranched alkanes of at least 4 members (excludes halogenated alkanes) is 7. The van der Waals surface area contributed by atoms with Gasteiger partial charge in [0.05, 0.1) is 16.8 Å². The van der Waals surface area contributed by atoms with Gasteiger partial charge in [-0.05, 0) is 18.6 Å². The Labute approximate surface area is 122 Å². The van der Waals surface area contributed by atoms with Crippen molar-refractivity contribution in [2.24, 2.45) is 0 Å². The van der Waals surface area contributed by atoms with Crippen LogP contribution in [0.3, 0.4) is 0 Å². The zero-order valence-electron chi connectivity index (χ0n) is 11.9. The highest BCUT2D eigenvalue weighted by atomic mass is 35.5. The normalized spacial score (nSPS) is 12.6. The summed E-state index contributed by atoms with van der Waals surface area (Å²) in [5.41, 5.74) is 0.729. The van der Waals surface area contributed by atoms with Crippen LogP contribution in [0.5, 0.6) is 0 Å². The van der Waals surface area contributed by atoms with Crippen LogP contribution in [0.1, 0.15) is 76.5 Å². The Hall–Kier alpha value is -0.600. The van der Waals surface area contributed by atoms with Gasteiger partial charge in [0.1, 0.15) is 0 Å². The maximum absolute atomic E-state index is 9.98. The average molecular weight is 284 g/mol. The number of aromatic nitrogens is 1. The van der Waals surface area contributed by atoms with Gasteiger partial charge in [0.15, 0.2) is 0 Å². The van der Waals surface area contributed by atoms with Crippen molar-refractivity contribution in [3.05, 3.63) is 29.0 Å². The van der Waals surface area contributed by atoms with E-state index in [-0.39, 0.29) is 0 Å². The van der Waals surface area contributed by atoms with Gasteiger partial charge in [0.2, 0.25) is 0 Å². The number of rotatable bonds is 10. The SMILES string of the molecule is CCCCCCCCCCC(O)c1ccc(Cl)cn1. The van der Waals surface area contributed by atoms with Gasteiger partial charge in [0, 0.05) is 6.20 Å².